The van der Waals surface area contributed by atoms with Gasteiger partial charge in [0, 0.05) is 64.7 Å². The number of amides is 3. The van der Waals surface area contributed by atoms with Crippen LogP contribution in [0.15, 0.2) is 48.5 Å². The summed E-state index contributed by atoms with van der Waals surface area (Å²) in [6, 6.07) is 10.8. The predicted molar refractivity (Wildman–Crippen MR) is 240 cm³/mol. The van der Waals surface area contributed by atoms with Crippen LogP contribution in [-0.2, 0) is 23.8 Å². The number of benzene rings is 2. The first-order valence-electron chi connectivity index (χ1n) is 20.8. The molecular formula is C49H60N4O12. The Balaban J connectivity index is 0.000000353. The highest BCUT2D eigenvalue weighted by molar-refractivity contribution is 5.98. The Morgan fingerprint density at radius 1 is 0.662 bits per heavy atom. The molecular weight excluding hydrogens is 837 g/mol. The van der Waals surface area contributed by atoms with Crippen LogP contribution in [-0.4, -0.2) is 119 Å². The standard InChI is InChI=1S/C27H34N2O7.C22H26N2O5/c1-26(2,3)36-25(34)29-27(4,5)22(24(33)35-6)28-23(32)18-13-11-17(12-14-18)9-7-8-10-19-15-21(31)20(19)16-30;1-22(2,23)19(21(28)29-3)24-20(27)15-10-8-14(9-11-15)6-4-5-7-16-12-18(26)17(16)13-25/h11-14,19-22,30-31H,15-16H2,1-6H3,(H,28,32)(H,29,34);8-11,16-19,25-26H,12-13,23H2,1-3H3,(H,24,27)/t19?,20-,21?,22+;16?,17-,18?,19+/m00/s1. The lowest BCUT2D eigenvalue weighted by molar-refractivity contribution is -0.145. The second kappa shape index (κ2) is 23.5. The summed E-state index contributed by atoms with van der Waals surface area (Å²) in [7, 11) is 2.43. The minimum absolute atomic E-state index is 0.0371. The smallest absolute Gasteiger partial charge is 0.408 e. The van der Waals surface area contributed by atoms with E-state index in [0.29, 0.717) is 29.5 Å². The molecule has 16 nitrogen and oxygen atoms in total. The van der Waals surface area contributed by atoms with Crippen LogP contribution in [0.25, 0.3) is 0 Å². The molecule has 0 spiro atoms. The summed E-state index contributed by atoms with van der Waals surface area (Å²) in [4.78, 5) is 61.8. The minimum Gasteiger partial charge on any atom is -0.467 e. The molecule has 0 aliphatic heterocycles. The fourth-order valence-electron chi connectivity index (χ4n) is 6.45. The van der Waals surface area contributed by atoms with Gasteiger partial charge >= 0.3 is 18.0 Å². The zero-order valence-electron chi connectivity index (χ0n) is 38.2. The van der Waals surface area contributed by atoms with E-state index in [1.165, 1.54) is 14.2 Å². The van der Waals surface area contributed by atoms with E-state index in [1.54, 1.807) is 97.0 Å². The molecule has 2 aliphatic rings. The fraction of sp³-hybridized carbons (Fsp3) is 0.490. The quantitative estimate of drug-likeness (QED) is 0.0909. The largest absolute Gasteiger partial charge is 0.467 e. The van der Waals surface area contributed by atoms with E-state index in [-0.39, 0.29) is 42.4 Å². The summed E-state index contributed by atoms with van der Waals surface area (Å²) in [5.74, 6) is 19.7. The first-order chi connectivity index (χ1) is 30.4. The minimum atomic E-state index is -1.22. The molecule has 2 aromatic rings. The molecule has 0 radical (unpaired) electrons. The van der Waals surface area contributed by atoms with Gasteiger partial charge in [0.2, 0.25) is 0 Å². The molecule has 0 aromatic heterocycles. The van der Waals surface area contributed by atoms with Crippen LogP contribution >= 0.6 is 0 Å². The topological polar surface area (TPSA) is 256 Å². The monoisotopic (exact) mass is 896 g/mol. The number of hydrogen-bond donors (Lipinski definition) is 8. The number of esters is 2. The number of alkyl carbamates (subject to hydrolysis) is 1. The molecule has 4 unspecified atom stereocenters. The van der Waals surface area contributed by atoms with Gasteiger partial charge in [0.05, 0.1) is 32.0 Å². The Morgan fingerprint density at radius 2 is 1.05 bits per heavy atom. The highest BCUT2D eigenvalue weighted by Gasteiger charge is 2.41. The van der Waals surface area contributed by atoms with Gasteiger partial charge < -0.3 is 56.3 Å². The molecule has 2 fully saturated rings. The van der Waals surface area contributed by atoms with E-state index in [4.69, 9.17) is 25.1 Å². The fourth-order valence-corrected chi connectivity index (χ4v) is 6.45. The van der Waals surface area contributed by atoms with Crippen molar-refractivity contribution in [3.63, 3.8) is 0 Å². The second-order valence-corrected chi connectivity index (χ2v) is 17.7. The van der Waals surface area contributed by atoms with Crippen LogP contribution in [0.2, 0.25) is 0 Å². The van der Waals surface area contributed by atoms with Crippen molar-refractivity contribution in [2.24, 2.45) is 29.4 Å². The van der Waals surface area contributed by atoms with Crippen molar-refractivity contribution in [3.8, 4) is 47.4 Å². The highest BCUT2D eigenvalue weighted by atomic mass is 16.6. The molecule has 8 atom stereocenters. The zero-order valence-corrected chi connectivity index (χ0v) is 38.2. The van der Waals surface area contributed by atoms with Crippen molar-refractivity contribution in [2.45, 2.75) is 102 Å². The molecule has 2 aliphatic carbocycles. The molecule has 0 saturated heterocycles. The number of hydrogen-bond acceptors (Lipinski definition) is 13. The Bertz CT molecular complexity index is 2270. The number of aliphatic hydroxyl groups excluding tert-OH is 4. The summed E-state index contributed by atoms with van der Waals surface area (Å²) >= 11 is 0. The molecule has 0 heterocycles. The lowest BCUT2D eigenvalue weighted by Gasteiger charge is -2.37. The number of carbonyl (C=O) groups excluding carboxylic acids is 5. The van der Waals surface area contributed by atoms with Crippen molar-refractivity contribution >= 4 is 29.8 Å². The van der Waals surface area contributed by atoms with Gasteiger partial charge in [0.15, 0.2) is 0 Å². The van der Waals surface area contributed by atoms with Crippen molar-refractivity contribution in [2.75, 3.05) is 27.4 Å². The van der Waals surface area contributed by atoms with Crippen LogP contribution in [0, 0.1) is 71.0 Å². The Kier molecular flexibility index (Phi) is 19.2. The van der Waals surface area contributed by atoms with E-state index in [0.717, 1.165) is 0 Å². The number of methoxy groups -OCH3 is 2. The van der Waals surface area contributed by atoms with Crippen LogP contribution in [0.4, 0.5) is 4.79 Å². The van der Waals surface area contributed by atoms with E-state index >= 15 is 0 Å². The molecule has 4 rings (SSSR count). The van der Waals surface area contributed by atoms with Crippen molar-refractivity contribution in [1.82, 2.24) is 16.0 Å². The molecule has 9 N–H and O–H groups in total. The Hall–Kier alpha value is -6.37. The number of aliphatic hydroxyl groups is 4. The third kappa shape index (κ3) is 16.0. The van der Waals surface area contributed by atoms with Crippen molar-refractivity contribution in [3.05, 3.63) is 70.8 Å². The molecule has 2 saturated carbocycles. The third-order valence-electron chi connectivity index (χ3n) is 10.5. The van der Waals surface area contributed by atoms with Crippen LogP contribution in [0.1, 0.15) is 93.2 Å². The number of nitrogens with two attached hydrogens (primary N) is 1. The highest BCUT2D eigenvalue weighted by Crippen LogP contribution is 2.34. The second-order valence-electron chi connectivity index (χ2n) is 17.7. The maximum atomic E-state index is 12.8. The lowest BCUT2D eigenvalue weighted by Crippen LogP contribution is -2.62. The van der Waals surface area contributed by atoms with Crippen LogP contribution < -0.4 is 21.7 Å². The number of rotatable bonds is 11. The summed E-state index contributed by atoms with van der Waals surface area (Å²) in [5.41, 5.74) is 4.96. The van der Waals surface area contributed by atoms with E-state index < -0.39 is 70.8 Å². The summed E-state index contributed by atoms with van der Waals surface area (Å²) in [6.45, 7) is 11.3. The Labute approximate surface area is 380 Å². The molecule has 0 bridgehead atoms. The summed E-state index contributed by atoms with van der Waals surface area (Å²) < 4.78 is 14.8. The molecule has 65 heavy (non-hydrogen) atoms. The third-order valence-corrected chi connectivity index (χ3v) is 10.5. The number of ether oxygens (including phenoxy) is 3. The average Bonchev–Trinajstić information content (AvgIpc) is 3.22. The van der Waals surface area contributed by atoms with Crippen molar-refractivity contribution < 1.29 is 58.6 Å². The maximum absolute atomic E-state index is 12.8. The SMILES string of the molecule is COC(=O)[C@@H](NC(=O)c1ccc(C#CC#CC2CC(O)[C@H]2CO)cc1)C(C)(C)N.COC(=O)[C@@H](NC(=O)c1ccc(C#CC#CC2CC(O)[C@H]2CO)cc1)C(C)(C)NC(=O)OC(C)(C)C. The average molecular weight is 897 g/mol. The van der Waals surface area contributed by atoms with Gasteiger partial charge in [0.1, 0.15) is 17.7 Å². The van der Waals surface area contributed by atoms with Gasteiger partial charge in [-0.2, -0.15) is 0 Å². The lowest BCUT2D eigenvalue weighted by atomic mass is 9.72. The molecule has 2 aromatic carbocycles. The van der Waals surface area contributed by atoms with E-state index in [2.05, 4.69) is 63.3 Å². The van der Waals surface area contributed by atoms with Gasteiger partial charge in [-0.25, -0.2) is 14.4 Å². The van der Waals surface area contributed by atoms with Gasteiger partial charge in [0.25, 0.3) is 11.8 Å². The first kappa shape index (κ1) is 53.0. The van der Waals surface area contributed by atoms with Gasteiger partial charge in [-0.3, -0.25) is 9.59 Å². The van der Waals surface area contributed by atoms with Gasteiger partial charge in [-0.05, 0) is 134 Å². The van der Waals surface area contributed by atoms with Crippen LogP contribution in [0.5, 0.6) is 0 Å². The van der Waals surface area contributed by atoms with Gasteiger partial charge in [-0.15, -0.1) is 0 Å². The summed E-state index contributed by atoms with van der Waals surface area (Å²) in [6.07, 6.45) is -0.661. The molecule has 16 heteroatoms. The Morgan fingerprint density at radius 3 is 1.38 bits per heavy atom. The normalized spacial score (nSPS) is 20.5. The number of carbonyl (C=O) groups is 5. The molecule has 3 amide bonds. The van der Waals surface area contributed by atoms with E-state index in [9.17, 15) is 39.3 Å². The zero-order chi connectivity index (χ0) is 48.7. The predicted octanol–water partition coefficient (Wildman–Crippen LogP) is 1.65. The maximum Gasteiger partial charge on any atom is 0.408 e. The van der Waals surface area contributed by atoms with Gasteiger partial charge in [-0.1, -0.05) is 23.7 Å². The number of nitrogens with one attached hydrogen (secondary N) is 3. The first-order valence-corrected chi connectivity index (χ1v) is 20.8. The van der Waals surface area contributed by atoms with Crippen molar-refractivity contribution in [1.29, 1.82) is 0 Å². The van der Waals surface area contributed by atoms with E-state index in [1.807, 2.05) is 0 Å². The summed E-state index contributed by atoms with van der Waals surface area (Å²) in [5, 5.41) is 45.2. The van der Waals surface area contributed by atoms with Crippen LogP contribution in [0.3, 0.4) is 0 Å². The molecule has 348 valence electrons.